The van der Waals surface area contributed by atoms with Crippen molar-refractivity contribution < 1.29 is 0 Å². The Bertz CT molecular complexity index is 191. The van der Waals surface area contributed by atoms with Crippen LogP contribution in [0.4, 0.5) is 0 Å². The molecule has 0 aromatic carbocycles. The molecule has 2 atom stereocenters. The lowest BCUT2D eigenvalue weighted by atomic mass is 9.89. The van der Waals surface area contributed by atoms with E-state index in [-0.39, 0.29) is 0 Å². The highest BCUT2D eigenvalue weighted by Crippen LogP contribution is 2.22. The van der Waals surface area contributed by atoms with E-state index in [0.29, 0.717) is 0 Å². The highest BCUT2D eigenvalue weighted by atomic mass is 15.2. The number of nitrogens with one attached hydrogen (secondary N) is 1. The normalized spacial score (nSPS) is 26.6. The third-order valence-corrected chi connectivity index (χ3v) is 3.84. The highest BCUT2D eigenvalue weighted by Gasteiger charge is 2.25. The Labute approximate surface area is 108 Å². The first-order valence-electron chi connectivity index (χ1n) is 7.61. The van der Waals surface area contributed by atoms with E-state index in [4.69, 9.17) is 0 Å². The lowest BCUT2D eigenvalue weighted by Crippen LogP contribution is -2.49. The first-order chi connectivity index (χ1) is 8.15. The largest absolute Gasteiger partial charge is 0.312 e. The molecule has 0 aromatic rings. The molecule has 1 N–H and O–H groups in total. The number of hydrogen-bond acceptors (Lipinski definition) is 2. The summed E-state index contributed by atoms with van der Waals surface area (Å²) in [6.07, 6.45) is 5.56. The van der Waals surface area contributed by atoms with Gasteiger partial charge in [0.2, 0.25) is 0 Å². The van der Waals surface area contributed by atoms with Crippen molar-refractivity contribution in [2.45, 2.75) is 59.4 Å². The van der Waals surface area contributed by atoms with Crippen molar-refractivity contribution in [2.75, 3.05) is 26.2 Å². The second-order valence-corrected chi connectivity index (χ2v) is 6.10. The number of unbranched alkanes of at least 4 members (excludes halogenated alkanes) is 1. The van der Waals surface area contributed by atoms with Crippen molar-refractivity contribution in [3.63, 3.8) is 0 Å². The molecule has 2 heteroatoms. The standard InChI is InChI=1S/C15H32N2/c1-5-7-8-14-9-15(16-10-13(3)4)12-17(6-2)11-14/h13-16H,5-12H2,1-4H3. The zero-order chi connectivity index (χ0) is 12.7. The molecule has 1 heterocycles. The lowest BCUT2D eigenvalue weighted by molar-refractivity contribution is 0.139. The average molecular weight is 240 g/mol. The highest BCUT2D eigenvalue weighted by molar-refractivity contribution is 4.83. The van der Waals surface area contributed by atoms with Crippen molar-refractivity contribution in [3.8, 4) is 0 Å². The summed E-state index contributed by atoms with van der Waals surface area (Å²) in [5.41, 5.74) is 0. The second-order valence-electron chi connectivity index (χ2n) is 6.10. The Morgan fingerprint density at radius 2 is 2.00 bits per heavy atom. The van der Waals surface area contributed by atoms with E-state index in [2.05, 4.69) is 37.9 Å². The van der Waals surface area contributed by atoms with Gasteiger partial charge in [-0.3, -0.25) is 0 Å². The van der Waals surface area contributed by atoms with E-state index >= 15 is 0 Å². The number of rotatable bonds is 7. The van der Waals surface area contributed by atoms with Gasteiger partial charge in [0.15, 0.2) is 0 Å². The Hall–Kier alpha value is -0.0800. The van der Waals surface area contributed by atoms with Crippen LogP contribution in [0.25, 0.3) is 0 Å². The maximum absolute atomic E-state index is 3.75. The van der Waals surface area contributed by atoms with Crippen LogP contribution in [0.2, 0.25) is 0 Å². The van der Waals surface area contributed by atoms with E-state index in [9.17, 15) is 0 Å². The fourth-order valence-corrected chi connectivity index (χ4v) is 2.81. The summed E-state index contributed by atoms with van der Waals surface area (Å²) in [7, 11) is 0. The fourth-order valence-electron chi connectivity index (χ4n) is 2.81. The van der Waals surface area contributed by atoms with Crippen LogP contribution in [0, 0.1) is 11.8 Å². The molecule has 2 nitrogen and oxygen atoms in total. The van der Waals surface area contributed by atoms with Crippen molar-refractivity contribution in [1.29, 1.82) is 0 Å². The Morgan fingerprint density at radius 1 is 1.24 bits per heavy atom. The molecule has 0 aliphatic carbocycles. The van der Waals surface area contributed by atoms with Gasteiger partial charge in [0, 0.05) is 19.1 Å². The van der Waals surface area contributed by atoms with E-state index in [0.717, 1.165) is 17.9 Å². The maximum Gasteiger partial charge on any atom is 0.0198 e. The molecule has 0 saturated carbocycles. The molecule has 1 saturated heterocycles. The van der Waals surface area contributed by atoms with Crippen LogP contribution in [0.15, 0.2) is 0 Å². The van der Waals surface area contributed by atoms with Gasteiger partial charge in [0.1, 0.15) is 0 Å². The third-order valence-electron chi connectivity index (χ3n) is 3.84. The van der Waals surface area contributed by atoms with Crippen molar-refractivity contribution in [1.82, 2.24) is 10.2 Å². The molecule has 0 amide bonds. The van der Waals surface area contributed by atoms with Gasteiger partial charge in [-0.15, -0.1) is 0 Å². The molecule has 17 heavy (non-hydrogen) atoms. The number of likely N-dealkylation sites (N-methyl/N-ethyl adjacent to an activating group) is 1. The molecule has 1 aliphatic heterocycles. The molecule has 0 bridgehead atoms. The number of likely N-dealkylation sites (tertiary alicyclic amines) is 1. The van der Waals surface area contributed by atoms with Crippen LogP contribution in [-0.2, 0) is 0 Å². The van der Waals surface area contributed by atoms with Crippen LogP contribution < -0.4 is 5.32 Å². The molecular weight excluding hydrogens is 208 g/mol. The van der Waals surface area contributed by atoms with Crippen LogP contribution >= 0.6 is 0 Å². The van der Waals surface area contributed by atoms with Crippen molar-refractivity contribution >= 4 is 0 Å². The zero-order valence-corrected chi connectivity index (χ0v) is 12.3. The van der Waals surface area contributed by atoms with Gasteiger partial charge in [-0.25, -0.2) is 0 Å². The lowest BCUT2D eigenvalue weighted by Gasteiger charge is -2.38. The average Bonchev–Trinajstić information content (AvgIpc) is 2.33. The van der Waals surface area contributed by atoms with Crippen LogP contribution in [0.3, 0.4) is 0 Å². The summed E-state index contributed by atoms with van der Waals surface area (Å²) in [4.78, 5) is 2.63. The summed E-state index contributed by atoms with van der Waals surface area (Å²) in [5, 5.41) is 3.75. The fraction of sp³-hybridized carbons (Fsp3) is 1.00. The van der Waals surface area contributed by atoms with Gasteiger partial charge in [-0.05, 0) is 37.8 Å². The van der Waals surface area contributed by atoms with E-state index in [1.54, 1.807) is 0 Å². The molecule has 1 aliphatic rings. The smallest absolute Gasteiger partial charge is 0.0198 e. The van der Waals surface area contributed by atoms with Gasteiger partial charge < -0.3 is 10.2 Å². The number of nitrogens with zero attached hydrogens (tertiary/aromatic N) is 1. The first-order valence-corrected chi connectivity index (χ1v) is 7.61. The molecule has 0 radical (unpaired) electrons. The number of piperidine rings is 1. The van der Waals surface area contributed by atoms with E-state index < -0.39 is 0 Å². The van der Waals surface area contributed by atoms with E-state index in [1.807, 2.05) is 0 Å². The van der Waals surface area contributed by atoms with Gasteiger partial charge in [-0.2, -0.15) is 0 Å². The van der Waals surface area contributed by atoms with Gasteiger partial charge in [0.25, 0.3) is 0 Å². The third kappa shape index (κ3) is 5.87. The summed E-state index contributed by atoms with van der Waals surface area (Å²) < 4.78 is 0. The Kier molecular flexibility index (Phi) is 7.14. The summed E-state index contributed by atoms with van der Waals surface area (Å²) in [5.74, 6) is 1.69. The quantitative estimate of drug-likeness (QED) is 0.735. The summed E-state index contributed by atoms with van der Waals surface area (Å²) in [6.45, 7) is 14.1. The Morgan fingerprint density at radius 3 is 2.59 bits per heavy atom. The van der Waals surface area contributed by atoms with E-state index in [1.165, 1.54) is 51.9 Å². The minimum Gasteiger partial charge on any atom is -0.312 e. The molecular formula is C15H32N2. The first kappa shape index (κ1) is 15.0. The Balaban J connectivity index is 2.36. The molecule has 2 unspecified atom stereocenters. The maximum atomic E-state index is 3.75. The van der Waals surface area contributed by atoms with Crippen LogP contribution in [0.5, 0.6) is 0 Å². The second kappa shape index (κ2) is 8.10. The predicted octanol–water partition coefficient (Wildman–Crippen LogP) is 3.13. The predicted molar refractivity (Wildman–Crippen MR) is 76.4 cm³/mol. The molecule has 0 aromatic heterocycles. The number of hydrogen-bond donors (Lipinski definition) is 1. The molecule has 102 valence electrons. The monoisotopic (exact) mass is 240 g/mol. The zero-order valence-electron chi connectivity index (χ0n) is 12.3. The minimum atomic E-state index is 0.730. The van der Waals surface area contributed by atoms with Gasteiger partial charge in [0.05, 0.1) is 0 Å². The van der Waals surface area contributed by atoms with Crippen LogP contribution in [-0.4, -0.2) is 37.1 Å². The van der Waals surface area contributed by atoms with Gasteiger partial charge in [-0.1, -0.05) is 40.5 Å². The van der Waals surface area contributed by atoms with Crippen molar-refractivity contribution in [3.05, 3.63) is 0 Å². The van der Waals surface area contributed by atoms with Crippen molar-refractivity contribution in [2.24, 2.45) is 11.8 Å². The topological polar surface area (TPSA) is 15.3 Å². The summed E-state index contributed by atoms with van der Waals surface area (Å²) in [6, 6.07) is 0.730. The van der Waals surface area contributed by atoms with Crippen LogP contribution in [0.1, 0.15) is 53.4 Å². The SMILES string of the molecule is CCCCC1CC(NCC(C)C)CN(CC)C1. The van der Waals surface area contributed by atoms with Gasteiger partial charge >= 0.3 is 0 Å². The minimum absolute atomic E-state index is 0.730. The summed E-state index contributed by atoms with van der Waals surface area (Å²) >= 11 is 0. The molecule has 0 spiro atoms. The molecule has 1 rings (SSSR count). The molecule has 1 fully saturated rings.